The van der Waals surface area contributed by atoms with E-state index in [-0.39, 0.29) is 11.8 Å². The molecule has 3 heterocycles. The minimum Gasteiger partial charge on any atom is -0.340 e. The van der Waals surface area contributed by atoms with E-state index in [4.69, 9.17) is 0 Å². The number of amides is 1. The van der Waals surface area contributed by atoms with Gasteiger partial charge in [-0.2, -0.15) is 13.2 Å². The smallest absolute Gasteiger partial charge is 0.340 e. The number of thiazole rings is 1. The lowest BCUT2D eigenvalue weighted by molar-refractivity contribution is -0.138. The third kappa shape index (κ3) is 4.25. The second-order valence-corrected chi connectivity index (χ2v) is 7.38. The van der Waals surface area contributed by atoms with Gasteiger partial charge in [0.2, 0.25) is 5.91 Å². The Morgan fingerprint density at radius 1 is 1.33 bits per heavy atom. The van der Waals surface area contributed by atoms with Crippen LogP contribution in [0.1, 0.15) is 22.7 Å². The summed E-state index contributed by atoms with van der Waals surface area (Å²) < 4.78 is 38.0. The number of aromatic nitrogens is 1. The van der Waals surface area contributed by atoms with E-state index >= 15 is 0 Å². The fourth-order valence-electron chi connectivity index (χ4n) is 3.25. The molecule has 1 N–H and O–H groups in total. The molecular weight excluding hydrogens is 341 g/mol. The number of halogens is 3. The summed E-state index contributed by atoms with van der Waals surface area (Å²) >= 11 is 0.690. The minimum absolute atomic E-state index is 0.0566. The average Bonchev–Trinajstić information content (AvgIpc) is 3.04. The molecule has 0 bridgehead atoms. The van der Waals surface area contributed by atoms with E-state index in [1.54, 1.807) is 0 Å². The normalized spacial score (nSPS) is 23.5. The van der Waals surface area contributed by atoms with Gasteiger partial charge >= 0.3 is 6.18 Å². The van der Waals surface area contributed by atoms with Gasteiger partial charge in [-0.3, -0.25) is 9.69 Å². The first-order valence-corrected chi connectivity index (χ1v) is 8.99. The molecular formula is C15H21F3N4OS. The standard InChI is InChI=1S/C15H21F3N4OS/c16-15(17,18)12-8-20-13(24-12)10-21-5-1-2-11(9-21)14(23)22-6-3-19-4-7-22/h8,11,19H,1-7,9-10H2. The fraction of sp³-hybridized carbons (Fsp3) is 0.733. The number of piperazine rings is 1. The first-order valence-electron chi connectivity index (χ1n) is 8.17. The predicted octanol–water partition coefficient (Wildman–Crippen LogP) is 1.81. The SMILES string of the molecule is O=C(C1CCCN(Cc2ncc(C(F)(F)F)s2)C1)N1CCNCC1. The van der Waals surface area contributed by atoms with Crippen molar-refractivity contribution in [2.75, 3.05) is 39.3 Å². The Balaban J connectivity index is 1.57. The largest absolute Gasteiger partial charge is 0.427 e. The average molecular weight is 362 g/mol. The summed E-state index contributed by atoms with van der Waals surface area (Å²) in [6, 6.07) is 0. The summed E-state index contributed by atoms with van der Waals surface area (Å²) in [6.07, 6.45) is -1.70. The molecule has 2 aliphatic heterocycles. The van der Waals surface area contributed by atoms with Crippen molar-refractivity contribution in [1.82, 2.24) is 20.1 Å². The summed E-state index contributed by atoms with van der Waals surface area (Å²) in [4.78, 5) is 19.8. The zero-order valence-corrected chi connectivity index (χ0v) is 14.1. The third-order valence-electron chi connectivity index (χ3n) is 4.48. The van der Waals surface area contributed by atoms with Crippen LogP contribution in [0.4, 0.5) is 13.2 Å². The Kier molecular flexibility index (Phi) is 5.41. The molecule has 2 fully saturated rings. The number of alkyl halides is 3. The summed E-state index contributed by atoms with van der Waals surface area (Å²) in [6.45, 7) is 4.89. The highest BCUT2D eigenvalue weighted by atomic mass is 32.1. The van der Waals surface area contributed by atoms with Crippen molar-refractivity contribution in [1.29, 1.82) is 0 Å². The minimum atomic E-state index is -4.33. The zero-order valence-electron chi connectivity index (χ0n) is 13.3. The molecule has 1 amide bonds. The number of piperidine rings is 1. The Morgan fingerprint density at radius 3 is 2.75 bits per heavy atom. The van der Waals surface area contributed by atoms with E-state index < -0.39 is 11.1 Å². The van der Waals surface area contributed by atoms with Crippen LogP contribution >= 0.6 is 11.3 Å². The first-order chi connectivity index (χ1) is 11.4. The fourth-order valence-corrected chi connectivity index (χ4v) is 4.08. The molecule has 0 saturated carbocycles. The van der Waals surface area contributed by atoms with Gasteiger partial charge in [0.25, 0.3) is 0 Å². The highest BCUT2D eigenvalue weighted by Gasteiger charge is 2.34. The van der Waals surface area contributed by atoms with E-state index in [0.717, 1.165) is 51.8 Å². The van der Waals surface area contributed by atoms with Crippen molar-refractivity contribution in [2.45, 2.75) is 25.6 Å². The highest BCUT2D eigenvalue weighted by Crippen LogP contribution is 2.34. The molecule has 0 spiro atoms. The van der Waals surface area contributed by atoms with Gasteiger partial charge in [-0.15, -0.1) is 11.3 Å². The molecule has 1 atom stereocenters. The molecule has 24 heavy (non-hydrogen) atoms. The van der Waals surface area contributed by atoms with Gasteiger partial charge < -0.3 is 10.2 Å². The van der Waals surface area contributed by atoms with Crippen LogP contribution in [0.3, 0.4) is 0 Å². The number of likely N-dealkylation sites (tertiary alicyclic amines) is 1. The second kappa shape index (κ2) is 7.37. The number of nitrogens with zero attached hydrogens (tertiary/aromatic N) is 3. The van der Waals surface area contributed by atoms with Gasteiger partial charge in [0, 0.05) is 32.7 Å². The Morgan fingerprint density at radius 2 is 2.08 bits per heavy atom. The van der Waals surface area contributed by atoms with Crippen molar-refractivity contribution >= 4 is 17.2 Å². The van der Waals surface area contributed by atoms with E-state index in [2.05, 4.69) is 10.3 Å². The van der Waals surface area contributed by atoms with Crippen LogP contribution in [-0.4, -0.2) is 60.0 Å². The molecule has 9 heteroatoms. The second-order valence-electron chi connectivity index (χ2n) is 6.27. The number of hydrogen-bond donors (Lipinski definition) is 1. The number of nitrogens with one attached hydrogen (secondary N) is 1. The van der Waals surface area contributed by atoms with Crippen LogP contribution in [-0.2, 0) is 17.5 Å². The molecule has 1 unspecified atom stereocenters. The highest BCUT2D eigenvalue weighted by molar-refractivity contribution is 7.11. The van der Waals surface area contributed by atoms with Crippen LogP contribution in [0.5, 0.6) is 0 Å². The maximum Gasteiger partial charge on any atom is 0.427 e. The zero-order chi connectivity index (χ0) is 17.2. The van der Waals surface area contributed by atoms with E-state index in [9.17, 15) is 18.0 Å². The van der Waals surface area contributed by atoms with Gasteiger partial charge in [-0.05, 0) is 19.4 Å². The van der Waals surface area contributed by atoms with E-state index in [1.807, 2.05) is 9.80 Å². The lowest BCUT2D eigenvalue weighted by atomic mass is 9.96. The first kappa shape index (κ1) is 17.6. The monoisotopic (exact) mass is 362 g/mol. The molecule has 0 aromatic carbocycles. The number of carbonyl (C=O) groups excluding carboxylic acids is 1. The Hall–Kier alpha value is -1.19. The molecule has 1 aromatic heterocycles. The van der Waals surface area contributed by atoms with Crippen molar-refractivity contribution in [3.8, 4) is 0 Å². The summed E-state index contributed by atoms with van der Waals surface area (Å²) in [5.41, 5.74) is 0. The molecule has 134 valence electrons. The quantitative estimate of drug-likeness (QED) is 0.891. The van der Waals surface area contributed by atoms with Crippen LogP contribution < -0.4 is 5.32 Å². The van der Waals surface area contributed by atoms with Gasteiger partial charge in [0.15, 0.2) is 0 Å². The molecule has 1 aromatic rings. The number of carbonyl (C=O) groups is 1. The predicted molar refractivity (Wildman–Crippen MR) is 84.6 cm³/mol. The Bertz CT molecular complexity index is 571. The summed E-state index contributed by atoms with van der Waals surface area (Å²) in [5.74, 6) is 0.121. The van der Waals surface area contributed by atoms with Crippen molar-refractivity contribution < 1.29 is 18.0 Å². The van der Waals surface area contributed by atoms with Gasteiger partial charge in [-0.1, -0.05) is 0 Å². The van der Waals surface area contributed by atoms with Crippen molar-refractivity contribution in [3.05, 3.63) is 16.1 Å². The van der Waals surface area contributed by atoms with Crippen LogP contribution in [0, 0.1) is 5.92 Å². The van der Waals surface area contributed by atoms with Crippen LogP contribution in [0.2, 0.25) is 0 Å². The lowest BCUT2D eigenvalue weighted by Crippen LogP contribution is -2.51. The van der Waals surface area contributed by atoms with Crippen molar-refractivity contribution in [3.63, 3.8) is 0 Å². The van der Waals surface area contributed by atoms with Crippen LogP contribution in [0.25, 0.3) is 0 Å². The molecule has 2 aliphatic rings. The number of rotatable bonds is 3. The van der Waals surface area contributed by atoms with Crippen LogP contribution in [0.15, 0.2) is 6.20 Å². The molecule has 5 nitrogen and oxygen atoms in total. The summed E-state index contributed by atoms with van der Waals surface area (Å²) in [7, 11) is 0. The maximum atomic E-state index is 12.7. The van der Waals surface area contributed by atoms with Gasteiger partial charge in [0.05, 0.1) is 18.7 Å². The topological polar surface area (TPSA) is 48.5 Å². The maximum absolute atomic E-state index is 12.7. The molecule has 0 aliphatic carbocycles. The van der Waals surface area contributed by atoms with E-state index in [1.165, 1.54) is 0 Å². The Labute approximate surface area is 142 Å². The third-order valence-corrected chi connectivity index (χ3v) is 5.50. The molecule has 3 rings (SSSR count). The van der Waals surface area contributed by atoms with Crippen molar-refractivity contribution in [2.24, 2.45) is 5.92 Å². The van der Waals surface area contributed by atoms with E-state index in [0.29, 0.717) is 29.4 Å². The van der Waals surface area contributed by atoms with Gasteiger partial charge in [-0.25, -0.2) is 4.98 Å². The molecule has 2 saturated heterocycles. The van der Waals surface area contributed by atoms with Gasteiger partial charge in [0.1, 0.15) is 9.88 Å². The summed E-state index contributed by atoms with van der Waals surface area (Å²) in [5, 5.41) is 3.68. The number of hydrogen-bond acceptors (Lipinski definition) is 5. The molecule has 0 radical (unpaired) electrons. The lowest BCUT2D eigenvalue weighted by Gasteiger charge is -2.36.